The third-order valence-corrected chi connectivity index (χ3v) is 7.26. The predicted octanol–water partition coefficient (Wildman–Crippen LogP) is 2.96. The highest BCUT2D eigenvalue weighted by Crippen LogP contribution is 2.23. The van der Waals surface area contributed by atoms with Crippen molar-refractivity contribution in [2.24, 2.45) is 5.92 Å². The average Bonchev–Trinajstić information content (AvgIpc) is 2.77. The Kier molecular flexibility index (Phi) is 7.25. The zero-order chi connectivity index (χ0) is 22.4. The predicted molar refractivity (Wildman–Crippen MR) is 116 cm³/mol. The van der Waals surface area contributed by atoms with Gasteiger partial charge in [-0.2, -0.15) is 9.57 Å². The van der Waals surface area contributed by atoms with Crippen LogP contribution in [0.2, 0.25) is 0 Å². The number of sulfonamides is 1. The number of rotatable bonds is 7. The summed E-state index contributed by atoms with van der Waals surface area (Å²) in [5.74, 6) is -0.428. The van der Waals surface area contributed by atoms with E-state index in [1.165, 1.54) is 40.7 Å². The fraction of sp³-hybridized carbons (Fsp3) is 0.364. The highest BCUT2D eigenvalue weighted by Gasteiger charge is 2.28. The first-order valence-electron chi connectivity index (χ1n) is 10.1. The zero-order valence-corrected chi connectivity index (χ0v) is 18.1. The van der Waals surface area contributed by atoms with Gasteiger partial charge in [-0.15, -0.1) is 0 Å². The molecule has 1 amide bonds. The molecule has 1 fully saturated rings. The average molecular weight is 445 g/mol. The molecule has 0 radical (unpaired) electrons. The summed E-state index contributed by atoms with van der Waals surface area (Å²) in [4.78, 5) is 12.5. The van der Waals surface area contributed by atoms with Gasteiger partial charge >= 0.3 is 0 Å². The largest absolute Gasteiger partial charge is 0.382 e. The van der Waals surface area contributed by atoms with E-state index in [1.807, 2.05) is 0 Å². The number of carbonyl (C=O) groups excluding carboxylic acids is 1. The van der Waals surface area contributed by atoms with Gasteiger partial charge in [0.05, 0.1) is 10.6 Å². The van der Waals surface area contributed by atoms with Gasteiger partial charge in [-0.05, 0) is 55.2 Å². The third-order valence-electron chi connectivity index (χ3n) is 5.35. The van der Waals surface area contributed by atoms with Crippen LogP contribution in [-0.2, 0) is 10.0 Å². The van der Waals surface area contributed by atoms with Crippen molar-refractivity contribution in [1.82, 2.24) is 9.62 Å². The number of piperidine rings is 1. The summed E-state index contributed by atoms with van der Waals surface area (Å²) in [6, 6.07) is 12.0. The van der Waals surface area contributed by atoms with Gasteiger partial charge in [0.2, 0.25) is 10.0 Å². The molecule has 7 nitrogen and oxygen atoms in total. The number of carbonyl (C=O) groups is 1. The van der Waals surface area contributed by atoms with Crippen molar-refractivity contribution < 1.29 is 17.6 Å². The van der Waals surface area contributed by atoms with Crippen molar-refractivity contribution in [2.75, 3.05) is 31.5 Å². The van der Waals surface area contributed by atoms with Crippen molar-refractivity contribution in [1.29, 1.82) is 5.26 Å². The maximum atomic E-state index is 13.6. The highest BCUT2D eigenvalue weighted by molar-refractivity contribution is 7.89. The van der Waals surface area contributed by atoms with E-state index in [0.717, 1.165) is 12.8 Å². The van der Waals surface area contributed by atoms with Gasteiger partial charge < -0.3 is 10.6 Å². The van der Waals surface area contributed by atoms with Crippen LogP contribution in [0.4, 0.5) is 10.1 Å². The van der Waals surface area contributed by atoms with Gasteiger partial charge in [-0.1, -0.05) is 13.0 Å². The normalized spacial score (nSPS) is 15.3. The molecular weight excluding hydrogens is 419 g/mol. The molecule has 0 aliphatic carbocycles. The van der Waals surface area contributed by atoms with Gasteiger partial charge in [0.25, 0.3) is 5.91 Å². The maximum absolute atomic E-state index is 13.6. The lowest BCUT2D eigenvalue weighted by molar-refractivity contribution is 0.0955. The monoisotopic (exact) mass is 444 g/mol. The second-order valence-corrected chi connectivity index (χ2v) is 9.51. The Hall–Kier alpha value is -2.96. The third kappa shape index (κ3) is 5.40. The van der Waals surface area contributed by atoms with Crippen molar-refractivity contribution in [3.63, 3.8) is 0 Å². The first-order valence-corrected chi connectivity index (χ1v) is 11.6. The van der Waals surface area contributed by atoms with Crippen molar-refractivity contribution >= 4 is 21.6 Å². The number of nitrogens with one attached hydrogen (secondary N) is 2. The van der Waals surface area contributed by atoms with Crippen molar-refractivity contribution in [3.8, 4) is 6.07 Å². The first kappa shape index (κ1) is 22.7. The smallest absolute Gasteiger partial charge is 0.251 e. The van der Waals surface area contributed by atoms with Crippen LogP contribution >= 0.6 is 0 Å². The van der Waals surface area contributed by atoms with Gasteiger partial charge in [-0.3, -0.25) is 4.79 Å². The zero-order valence-electron chi connectivity index (χ0n) is 17.3. The highest BCUT2D eigenvalue weighted by atomic mass is 32.2. The summed E-state index contributed by atoms with van der Waals surface area (Å²) in [5, 5.41) is 14.6. The van der Waals surface area contributed by atoms with E-state index in [4.69, 9.17) is 5.26 Å². The van der Waals surface area contributed by atoms with Gasteiger partial charge in [0.1, 0.15) is 17.4 Å². The minimum atomic E-state index is -3.55. The number of hydrogen-bond donors (Lipinski definition) is 2. The molecule has 3 rings (SSSR count). The summed E-state index contributed by atoms with van der Waals surface area (Å²) in [6.07, 6.45) is 1.69. The minimum Gasteiger partial charge on any atom is -0.382 e. The molecule has 1 saturated heterocycles. The second-order valence-electron chi connectivity index (χ2n) is 7.57. The Balaban J connectivity index is 1.54. The number of benzene rings is 2. The SMILES string of the molecule is CC1CCN(S(=O)(=O)c2ccc(C(=O)NCCNc3cccc(F)c3C#N)cc2)CC1. The first-order chi connectivity index (χ1) is 14.8. The molecule has 2 aromatic carbocycles. The molecule has 9 heteroatoms. The second kappa shape index (κ2) is 9.90. The van der Waals surface area contributed by atoms with Crippen LogP contribution in [0.25, 0.3) is 0 Å². The van der Waals surface area contributed by atoms with Crippen LogP contribution in [0.5, 0.6) is 0 Å². The molecule has 0 saturated carbocycles. The van der Waals surface area contributed by atoms with E-state index in [2.05, 4.69) is 17.6 Å². The van der Waals surface area contributed by atoms with Gasteiger partial charge in [0.15, 0.2) is 0 Å². The quantitative estimate of drug-likeness (QED) is 0.640. The summed E-state index contributed by atoms with van der Waals surface area (Å²) >= 11 is 0. The maximum Gasteiger partial charge on any atom is 0.251 e. The van der Waals surface area contributed by atoms with Crippen molar-refractivity contribution in [2.45, 2.75) is 24.7 Å². The summed E-state index contributed by atoms with van der Waals surface area (Å²) in [6.45, 7) is 3.68. The fourth-order valence-corrected chi connectivity index (χ4v) is 4.88. The van der Waals surface area contributed by atoms with E-state index in [1.54, 1.807) is 12.1 Å². The van der Waals surface area contributed by atoms with Crippen LogP contribution in [-0.4, -0.2) is 44.8 Å². The molecule has 1 aliphatic heterocycles. The molecule has 0 spiro atoms. The Labute approximate surface area is 181 Å². The lowest BCUT2D eigenvalue weighted by Gasteiger charge is -2.29. The lowest BCUT2D eigenvalue weighted by atomic mass is 10.0. The number of hydrogen-bond acceptors (Lipinski definition) is 5. The fourth-order valence-electron chi connectivity index (χ4n) is 3.41. The van der Waals surface area contributed by atoms with E-state index in [9.17, 15) is 17.6 Å². The van der Waals surface area contributed by atoms with Gasteiger partial charge in [0, 0.05) is 31.7 Å². The number of nitriles is 1. The van der Waals surface area contributed by atoms with Crippen LogP contribution < -0.4 is 10.6 Å². The minimum absolute atomic E-state index is 0.0752. The molecule has 2 N–H and O–H groups in total. The summed E-state index contributed by atoms with van der Waals surface area (Å²) < 4.78 is 40.6. The number of amides is 1. The van der Waals surface area contributed by atoms with Crippen molar-refractivity contribution in [3.05, 3.63) is 59.4 Å². The Bertz CT molecular complexity index is 1070. The summed E-state index contributed by atoms with van der Waals surface area (Å²) in [5.41, 5.74) is 0.627. The van der Waals surface area contributed by atoms with E-state index in [0.29, 0.717) is 36.8 Å². The molecule has 0 unspecified atom stereocenters. The number of anilines is 1. The number of halogens is 1. The standard InChI is InChI=1S/C22H25FN4O3S/c1-16-9-13-27(14-10-16)31(29,30)18-7-5-17(6-8-18)22(28)26-12-11-25-21-4-2-3-20(23)19(21)15-24/h2-8,16,25H,9-14H2,1H3,(H,26,28). The molecule has 0 bridgehead atoms. The number of nitrogens with zero attached hydrogens (tertiary/aromatic N) is 2. The molecule has 1 aliphatic rings. The lowest BCUT2D eigenvalue weighted by Crippen LogP contribution is -2.37. The molecule has 31 heavy (non-hydrogen) atoms. The molecular formula is C22H25FN4O3S. The van der Waals surface area contributed by atoms with Gasteiger partial charge in [-0.25, -0.2) is 12.8 Å². The molecule has 2 aromatic rings. The van der Waals surface area contributed by atoms with E-state index < -0.39 is 15.8 Å². The molecule has 1 heterocycles. The topological polar surface area (TPSA) is 102 Å². The Morgan fingerprint density at radius 2 is 1.84 bits per heavy atom. The molecule has 0 aromatic heterocycles. The van der Waals surface area contributed by atoms with Crippen LogP contribution in [0.1, 0.15) is 35.7 Å². The summed E-state index contributed by atoms with van der Waals surface area (Å²) in [7, 11) is -3.55. The van der Waals surface area contributed by atoms with Crippen LogP contribution in [0.15, 0.2) is 47.4 Å². The van der Waals surface area contributed by atoms with E-state index in [-0.39, 0.29) is 22.9 Å². The van der Waals surface area contributed by atoms with Crippen LogP contribution in [0, 0.1) is 23.1 Å². The Morgan fingerprint density at radius 3 is 2.48 bits per heavy atom. The molecule has 164 valence electrons. The van der Waals surface area contributed by atoms with Crippen LogP contribution in [0.3, 0.4) is 0 Å². The Morgan fingerprint density at radius 1 is 1.16 bits per heavy atom. The van der Waals surface area contributed by atoms with E-state index >= 15 is 0 Å². The molecule has 0 atom stereocenters.